The van der Waals surface area contributed by atoms with Crippen LogP contribution in [0.25, 0.3) is 0 Å². The van der Waals surface area contributed by atoms with Gasteiger partial charge in [0.25, 0.3) is 0 Å². The van der Waals surface area contributed by atoms with Gasteiger partial charge in [-0.1, -0.05) is 81.4 Å². The molecule has 3 N–H and O–H groups in total. The van der Waals surface area contributed by atoms with E-state index in [0.717, 1.165) is 12.0 Å². The normalized spacial score (nSPS) is 16.0. The number of hydrogen-bond donors (Lipinski definition) is 2. The first-order chi connectivity index (χ1) is 10.3. The first-order valence-corrected chi connectivity index (χ1v) is 7.90. The predicted octanol–water partition coefficient (Wildman–Crippen LogP) is 4.09. The summed E-state index contributed by atoms with van der Waals surface area (Å²) in [5, 5.41) is 10.8. The highest BCUT2D eigenvalue weighted by atomic mass is 16.3. The molecule has 0 saturated carbocycles. The highest BCUT2D eigenvalue weighted by Crippen LogP contribution is 2.36. The van der Waals surface area contributed by atoms with Crippen molar-refractivity contribution < 1.29 is 5.11 Å². The van der Waals surface area contributed by atoms with E-state index in [-0.39, 0.29) is 11.3 Å². The van der Waals surface area contributed by atoms with Crippen LogP contribution in [0.1, 0.15) is 38.3 Å². The van der Waals surface area contributed by atoms with Crippen LogP contribution in [0.15, 0.2) is 60.7 Å². The summed E-state index contributed by atoms with van der Waals surface area (Å²) in [6, 6.07) is 20.0. The monoisotopic (exact) mass is 297 g/mol. The second-order valence-corrected chi connectivity index (χ2v) is 7.25. The molecule has 0 aliphatic carbocycles. The summed E-state index contributed by atoms with van der Waals surface area (Å²) in [6.45, 7) is 6.63. The minimum atomic E-state index is -1.30. The van der Waals surface area contributed by atoms with E-state index in [0.29, 0.717) is 6.42 Å². The molecule has 0 aliphatic heterocycles. The van der Waals surface area contributed by atoms with Gasteiger partial charge in [0.2, 0.25) is 0 Å². The Morgan fingerprint density at radius 1 is 0.909 bits per heavy atom. The van der Waals surface area contributed by atoms with Gasteiger partial charge < -0.3 is 5.11 Å². The number of benzene rings is 2. The van der Waals surface area contributed by atoms with Gasteiger partial charge in [0.15, 0.2) is 0 Å². The number of hydrogen-bond acceptors (Lipinski definition) is 2. The molecular formula is C20H27NO. The predicted molar refractivity (Wildman–Crippen MR) is 92.2 cm³/mol. The van der Waals surface area contributed by atoms with Crippen molar-refractivity contribution in [1.82, 2.24) is 0 Å². The van der Waals surface area contributed by atoms with Gasteiger partial charge in [-0.2, -0.15) is 0 Å². The summed E-state index contributed by atoms with van der Waals surface area (Å²) in [6.07, 6.45) is 1.45. The van der Waals surface area contributed by atoms with Crippen molar-refractivity contribution in [1.29, 1.82) is 0 Å². The summed E-state index contributed by atoms with van der Waals surface area (Å²) in [4.78, 5) is 0. The van der Waals surface area contributed by atoms with Crippen molar-refractivity contribution in [3.05, 3.63) is 71.8 Å². The van der Waals surface area contributed by atoms with Crippen LogP contribution in [0, 0.1) is 11.3 Å². The molecule has 0 radical (unpaired) electrons. The van der Waals surface area contributed by atoms with Crippen molar-refractivity contribution >= 4 is 0 Å². The Kier molecular flexibility index (Phi) is 5.05. The van der Waals surface area contributed by atoms with Gasteiger partial charge >= 0.3 is 0 Å². The van der Waals surface area contributed by atoms with Crippen LogP contribution in [0.5, 0.6) is 0 Å². The molecule has 0 bridgehead atoms. The van der Waals surface area contributed by atoms with E-state index in [2.05, 4.69) is 45.0 Å². The molecule has 0 heterocycles. The first-order valence-electron chi connectivity index (χ1n) is 7.90. The Labute approximate surface area is 134 Å². The molecule has 0 amide bonds. The highest BCUT2D eigenvalue weighted by molar-refractivity contribution is 5.22. The van der Waals surface area contributed by atoms with E-state index in [1.165, 1.54) is 5.56 Å². The van der Waals surface area contributed by atoms with E-state index in [4.69, 9.17) is 5.73 Å². The van der Waals surface area contributed by atoms with Gasteiger partial charge in [0.1, 0.15) is 5.72 Å². The summed E-state index contributed by atoms with van der Waals surface area (Å²) in [5.74, 6) is 0.283. The number of aliphatic hydroxyl groups is 1. The van der Waals surface area contributed by atoms with Gasteiger partial charge in [-0.05, 0) is 35.3 Å². The van der Waals surface area contributed by atoms with Crippen LogP contribution >= 0.6 is 0 Å². The van der Waals surface area contributed by atoms with Crippen LogP contribution < -0.4 is 5.73 Å². The Hall–Kier alpha value is -1.64. The second kappa shape index (κ2) is 6.64. The average Bonchev–Trinajstić information content (AvgIpc) is 2.47. The smallest absolute Gasteiger partial charge is 0.139 e. The topological polar surface area (TPSA) is 46.2 Å². The Morgan fingerprint density at radius 3 is 1.91 bits per heavy atom. The molecule has 0 spiro atoms. The van der Waals surface area contributed by atoms with Gasteiger partial charge in [-0.15, -0.1) is 0 Å². The molecule has 0 saturated heterocycles. The third-order valence-electron chi connectivity index (χ3n) is 4.38. The summed E-state index contributed by atoms with van der Waals surface area (Å²) < 4.78 is 0. The van der Waals surface area contributed by atoms with E-state index >= 15 is 0 Å². The van der Waals surface area contributed by atoms with Crippen molar-refractivity contribution in [2.75, 3.05) is 0 Å². The average molecular weight is 297 g/mol. The summed E-state index contributed by atoms with van der Waals surface area (Å²) in [5.41, 5.74) is 7.07. The van der Waals surface area contributed by atoms with E-state index in [9.17, 15) is 5.11 Å². The molecule has 0 fully saturated rings. The molecule has 0 aromatic heterocycles. The molecule has 2 aromatic carbocycles. The highest BCUT2D eigenvalue weighted by Gasteiger charge is 2.34. The van der Waals surface area contributed by atoms with Gasteiger partial charge in [-0.25, -0.2) is 0 Å². The second-order valence-electron chi connectivity index (χ2n) is 7.25. The lowest BCUT2D eigenvalue weighted by molar-refractivity contribution is -0.00246. The first kappa shape index (κ1) is 16.7. The van der Waals surface area contributed by atoms with Gasteiger partial charge in [0, 0.05) is 0 Å². The molecule has 2 rings (SSSR count). The van der Waals surface area contributed by atoms with Crippen molar-refractivity contribution in [3.8, 4) is 0 Å². The molecule has 1 unspecified atom stereocenters. The molecule has 118 valence electrons. The van der Waals surface area contributed by atoms with Crippen LogP contribution in [0.3, 0.4) is 0 Å². The van der Waals surface area contributed by atoms with E-state index < -0.39 is 5.72 Å². The SMILES string of the molecule is CC(C)(C)C(Cc1ccccc1)C[C@@](N)(O)c1ccccc1. The molecular weight excluding hydrogens is 270 g/mol. The molecule has 22 heavy (non-hydrogen) atoms. The third kappa shape index (κ3) is 4.43. The standard InChI is InChI=1S/C20H27NO/c1-19(2,3)18(14-16-10-6-4-7-11-16)15-20(21,22)17-12-8-5-9-13-17/h4-13,18,22H,14-15,21H2,1-3H3/t18?,20-/m1/s1. The Morgan fingerprint density at radius 2 is 1.41 bits per heavy atom. The fraction of sp³-hybridized carbons (Fsp3) is 0.400. The Balaban J connectivity index is 2.20. The van der Waals surface area contributed by atoms with E-state index in [1.54, 1.807) is 0 Å². The molecule has 2 nitrogen and oxygen atoms in total. The number of rotatable bonds is 5. The molecule has 2 atom stereocenters. The van der Waals surface area contributed by atoms with Crippen molar-refractivity contribution in [2.24, 2.45) is 17.1 Å². The maximum absolute atomic E-state index is 10.8. The van der Waals surface area contributed by atoms with Crippen LogP contribution in [-0.2, 0) is 12.1 Å². The molecule has 2 heteroatoms. The fourth-order valence-electron chi connectivity index (χ4n) is 2.80. The molecule has 0 aliphatic rings. The zero-order chi connectivity index (χ0) is 16.2. The summed E-state index contributed by atoms with van der Waals surface area (Å²) >= 11 is 0. The zero-order valence-corrected chi connectivity index (χ0v) is 13.8. The molecule has 2 aromatic rings. The minimum Gasteiger partial charge on any atom is -0.372 e. The van der Waals surface area contributed by atoms with Gasteiger partial charge in [0.05, 0.1) is 0 Å². The zero-order valence-electron chi connectivity index (χ0n) is 13.8. The van der Waals surface area contributed by atoms with E-state index in [1.807, 2.05) is 36.4 Å². The Bertz CT molecular complexity index is 570. The third-order valence-corrected chi connectivity index (χ3v) is 4.38. The van der Waals surface area contributed by atoms with Crippen LogP contribution in [0.4, 0.5) is 0 Å². The fourth-order valence-corrected chi connectivity index (χ4v) is 2.80. The van der Waals surface area contributed by atoms with Crippen molar-refractivity contribution in [2.45, 2.75) is 39.3 Å². The quantitative estimate of drug-likeness (QED) is 0.817. The number of nitrogens with two attached hydrogens (primary N) is 1. The lowest BCUT2D eigenvalue weighted by atomic mass is 9.72. The largest absolute Gasteiger partial charge is 0.372 e. The van der Waals surface area contributed by atoms with Crippen LogP contribution in [0.2, 0.25) is 0 Å². The maximum atomic E-state index is 10.8. The van der Waals surface area contributed by atoms with Gasteiger partial charge in [-0.3, -0.25) is 5.73 Å². The van der Waals surface area contributed by atoms with Crippen molar-refractivity contribution in [3.63, 3.8) is 0 Å². The summed E-state index contributed by atoms with van der Waals surface area (Å²) in [7, 11) is 0. The van der Waals surface area contributed by atoms with Crippen LogP contribution in [-0.4, -0.2) is 5.11 Å². The maximum Gasteiger partial charge on any atom is 0.139 e. The lowest BCUT2D eigenvalue weighted by Crippen LogP contribution is -2.41. The lowest BCUT2D eigenvalue weighted by Gasteiger charge is -2.36. The minimum absolute atomic E-state index is 0.0674.